The molecule has 0 radical (unpaired) electrons. The highest BCUT2D eigenvalue weighted by atomic mass is 19.4. The number of carbonyl (C=O) groups is 1. The van der Waals surface area contributed by atoms with Gasteiger partial charge in [-0.05, 0) is 42.0 Å². The first-order valence-corrected chi connectivity index (χ1v) is 9.91. The number of fused-ring (bicyclic) bond motifs is 1. The number of benzene rings is 2. The highest BCUT2D eigenvalue weighted by molar-refractivity contribution is 5.91. The maximum atomic E-state index is 13.2. The lowest BCUT2D eigenvalue weighted by molar-refractivity contribution is -0.137. The number of amides is 1. The van der Waals surface area contributed by atoms with E-state index in [4.69, 9.17) is 0 Å². The van der Waals surface area contributed by atoms with E-state index in [2.05, 4.69) is 10.4 Å². The molecule has 2 heterocycles. The van der Waals surface area contributed by atoms with Crippen LogP contribution in [0, 0.1) is 5.82 Å². The van der Waals surface area contributed by atoms with Crippen LogP contribution in [-0.4, -0.2) is 24.8 Å². The molecule has 0 bridgehead atoms. The number of anilines is 1. The summed E-state index contributed by atoms with van der Waals surface area (Å²) < 4.78 is 54.7. The van der Waals surface area contributed by atoms with E-state index in [1.54, 1.807) is 7.05 Å². The fraction of sp³-hybridized carbons (Fsp3) is 0.182. The average molecular weight is 475 g/mol. The van der Waals surface area contributed by atoms with Crippen molar-refractivity contribution in [1.82, 2.24) is 18.9 Å². The van der Waals surface area contributed by atoms with E-state index in [0.29, 0.717) is 5.56 Å². The molecule has 0 aliphatic carbocycles. The number of hydrogen-bond acceptors (Lipinski definition) is 4. The Morgan fingerprint density at radius 3 is 2.26 bits per heavy atom. The predicted molar refractivity (Wildman–Crippen MR) is 115 cm³/mol. The summed E-state index contributed by atoms with van der Waals surface area (Å²) in [5.41, 5.74) is -1.68. The van der Waals surface area contributed by atoms with Crippen LogP contribution in [0.5, 0.6) is 0 Å². The van der Waals surface area contributed by atoms with Crippen molar-refractivity contribution >= 4 is 22.6 Å². The van der Waals surface area contributed by atoms with Crippen molar-refractivity contribution in [3.63, 3.8) is 0 Å². The SMILES string of the molecule is Cn1cc2c(n1)c(=O)n(Cc1ccc(F)cc1)c(=O)n2CC(=O)Nc1ccc(C(F)(F)F)cc1. The first kappa shape index (κ1) is 23.0. The van der Waals surface area contributed by atoms with Gasteiger partial charge in [-0.25, -0.2) is 9.18 Å². The Balaban J connectivity index is 1.67. The molecule has 1 amide bonds. The van der Waals surface area contributed by atoms with Crippen molar-refractivity contribution in [2.45, 2.75) is 19.3 Å². The normalized spacial score (nSPS) is 11.7. The fourth-order valence-corrected chi connectivity index (χ4v) is 3.44. The molecule has 1 N–H and O–H groups in total. The van der Waals surface area contributed by atoms with Gasteiger partial charge in [0.05, 0.1) is 17.6 Å². The van der Waals surface area contributed by atoms with Crippen molar-refractivity contribution < 1.29 is 22.4 Å². The number of rotatable bonds is 5. The van der Waals surface area contributed by atoms with E-state index in [1.807, 2.05) is 0 Å². The molecule has 8 nitrogen and oxygen atoms in total. The van der Waals surface area contributed by atoms with Crippen LogP contribution < -0.4 is 16.6 Å². The van der Waals surface area contributed by atoms with Crippen LogP contribution >= 0.6 is 0 Å². The van der Waals surface area contributed by atoms with Crippen LogP contribution in [0.1, 0.15) is 11.1 Å². The number of carbonyl (C=O) groups excluding carboxylic acids is 1. The molecule has 0 spiro atoms. The Bertz CT molecular complexity index is 1480. The van der Waals surface area contributed by atoms with Crippen LogP contribution in [0.15, 0.2) is 64.3 Å². The van der Waals surface area contributed by atoms with Gasteiger partial charge in [0.15, 0.2) is 5.52 Å². The van der Waals surface area contributed by atoms with Crippen LogP contribution in [0.3, 0.4) is 0 Å². The monoisotopic (exact) mass is 475 g/mol. The van der Waals surface area contributed by atoms with Gasteiger partial charge < -0.3 is 5.32 Å². The molecule has 2 aromatic heterocycles. The zero-order valence-electron chi connectivity index (χ0n) is 17.6. The van der Waals surface area contributed by atoms with E-state index < -0.39 is 41.3 Å². The minimum atomic E-state index is -4.51. The molecule has 176 valence electrons. The minimum absolute atomic E-state index is 0.0495. The Labute approximate surface area is 188 Å². The smallest absolute Gasteiger partial charge is 0.325 e. The fourth-order valence-electron chi connectivity index (χ4n) is 3.44. The molecule has 4 aromatic rings. The van der Waals surface area contributed by atoms with Crippen molar-refractivity contribution in [1.29, 1.82) is 0 Å². The van der Waals surface area contributed by atoms with Crippen molar-refractivity contribution in [2.24, 2.45) is 7.05 Å². The van der Waals surface area contributed by atoms with Crippen molar-refractivity contribution in [3.8, 4) is 0 Å². The molecule has 12 heteroatoms. The van der Waals surface area contributed by atoms with E-state index >= 15 is 0 Å². The summed E-state index contributed by atoms with van der Waals surface area (Å²) in [6, 6.07) is 9.06. The molecular formula is C22H17F4N5O3. The van der Waals surface area contributed by atoms with Crippen molar-refractivity contribution in [3.05, 3.63) is 92.5 Å². The molecule has 0 saturated heterocycles. The summed E-state index contributed by atoms with van der Waals surface area (Å²) in [5, 5.41) is 6.52. The van der Waals surface area contributed by atoms with Gasteiger partial charge in [0, 0.05) is 18.9 Å². The third kappa shape index (κ3) is 4.60. The van der Waals surface area contributed by atoms with Gasteiger partial charge in [-0.15, -0.1) is 0 Å². The Hall–Kier alpha value is -4.22. The molecule has 4 rings (SSSR count). The summed E-state index contributed by atoms with van der Waals surface area (Å²) in [4.78, 5) is 38.6. The highest BCUT2D eigenvalue weighted by Crippen LogP contribution is 2.29. The maximum Gasteiger partial charge on any atom is 0.416 e. The van der Waals surface area contributed by atoms with E-state index in [0.717, 1.165) is 33.4 Å². The second kappa shape index (κ2) is 8.61. The van der Waals surface area contributed by atoms with Gasteiger partial charge in [-0.3, -0.25) is 23.4 Å². The van der Waals surface area contributed by atoms with Gasteiger partial charge in [0.1, 0.15) is 12.4 Å². The summed E-state index contributed by atoms with van der Waals surface area (Å²) in [7, 11) is 1.54. The number of aromatic nitrogens is 4. The Morgan fingerprint density at radius 1 is 1.00 bits per heavy atom. The first-order chi connectivity index (χ1) is 16.0. The zero-order valence-corrected chi connectivity index (χ0v) is 17.6. The summed E-state index contributed by atoms with van der Waals surface area (Å²) in [6.45, 7) is -0.698. The molecular weight excluding hydrogens is 458 g/mol. The lowest BCUT2D eigenvalue weighted by Gasteiger charge is -2.12. The quantitative estimate of drug-likeness (QED) is 0.450. The molecule has 34 heavy (non-hydrogen) atoms. The average Bonchev–Trinajstić information content (AvgIpc) is 3.17. The van der Waals surface area contributed by atoms with E-state index in [1.165, 1.54) is 35.1 Å². The van der Waals surface area contributed by atoms with E-state index in [9.17, 15) is 31.9 Å². The predicted octanol–water partition coefficient (Wildman–Crippen LogP) is 2.74. The molecule has 0 aliphatic heterocycles. The van der Waals surface area contributed by atoms with Gasteiger partial charge in [0.2, 0.25) is 5.91 Å². The third-order valence-electron chi connectivity index (χ3n) is 5.06. The number of nitrogens with zero attached hydrogens (tertiary/aromatic N) is 4. The third-order valence-corrected chi connectivity index (χ3v) is 5.06. The lowest BCUT2D eigenvalue weighted by atomic mass is 10.2. The number of hydrogen-bond donors (Lipinski definition) is 1. The van der Waals surface area contributed by atoms with Gasteiger partial charge in [-0.2, -0.15) is 18.3 Å². The van der Waals surface area contributed by atoms with Crippen LogP contribution in [0.4, 0.5) is 23.2 Å². The minimum Gasteiger partial charge on any atom is -0.325 e. The van der Waals surface area contributed by atoms with Crippen LogP contribution in [-0.2, 0) is 31.1 Å². The van der Waals surface area contributed by atoms with E-state index in [-0.39, 0.29) is 23.3 Å². The second-order valence-corrected chi connectivity index (χ2v) is 7.55. The standard InChI is InChI=1S/C22H17F4N5O3/c1-29-11-17-19(28-29)20(33)31(10-13-2-6-15(23)7-3-13)21(34)30(17)12-18(32)27-16-8-4-14(5-9-16)22(24,25)26/h2-9,11H,10,12H2,1H3,(H,27,32). The first-order valence-electron chi connectivity index (χ1n) is 9.91. The number of alkyl halides is 3. The molecule has 0 aliphatic rings. The zero-order chi connectivity index (χ0) is 24.6. The molecule has 2 aromatic carbocycles. The Kier molecular flexibility index (Phi) is 5.82. The highest BCUT2D eigenvalue weighted by Gasteiger charge is 2.30. The maximum absolute atomic E-state index is 13.2. The number of aryl methyl sites for hydroxylation is 1. The number of nitrogens with one attached hydrogen (secondary N) is 1. The summed E-state index contributed by atoms with van der Waals surface area (Å²) in [6.07, 6.45) is -3.11. The lowest BCUT2D eigenvalue weighted by Crippen LogP contribution is -2.41. The second-order valence-electron chi connectivity index (χ2n) is 7.55. The Morgan fingerprint density at radius 2 is 1.65 bits per heavy atom. The largest absolute Gasteiger partial charge is 0.416 e. The van der Waals surface area contributed by atoms with Crippen molar-refractivity contribution in [2.75, 3.05) is 5.32 Å². The molecule has 0 unspecified atom stereocenters. The van der Waals surface area contributed by atoms with Gasteiger partial charge >= 0.3 is 11.9 Å². The topological polar surface area (TPSA) is 90.9 Å². The molecule has 0 atom stereocenters. The van der Waals surface area contributed by atoms with Gasteiger partial charge in [-0.1, -0.05) is 12.1 Å². The molecule has 0 saturated carbocycles. The number of halogens is 4. The summed E-state index contributed by atoms with van der Waals surface area (Å²) >= 11 is 0. The van der Waals surface area contributed by atoms with Crippen LogP contribution in [0.25, 0.3) is 11.0 Å². The molecule has 0 fully saturated rings. The van der Waals surface area contributed by atoms with Gasteiger partial charge in [0.25, 0.3) is 5.56 Å². The summed E-state index contributed by atoms with van der Waals surface area (Å²) in [5.74, 6) is -1.17. The van der Waals surface area contributed by atoms with Crippen LogP contribution in [0.2, 0.25) is 0 Å².